The molecule has 10 nitrogen and oxygen atoms in total. The van der Waals surface area contributed by atoms with E-state index in [1.165, 1.54) is 24.2 Å². The molecule has 3 amide bonds. The molecule has 176 valence electrons. The molecule has 0 unspecified atom stereocenters. The highest BCUT2D eigenvalue weighted by Gasteiger charge is 2.34. The molecule has 2 saturated heterocycles. The Kier molecular flexibility index (Phi) is 6.45. The lowest BCUT2D eigenvalue weighted by molar-refractivity contribution is -0.119. The second-order valence-corrected chi connectivity index (χ2v) is 7.52. The van der Waals surface area contributed by atoms with Gasteiger partial charge in [0.25, 0.3) is 0 Å². The van der Waals surface area contributed by atoms with Crippen molar-refractivity contribution in [3.8, 4) is 0 Å². The van der Waals surface area contributed by atoms with Crippen LogP contribution in [0.25, 0.3) is 0 Å². The first-order chi connectivity index (χ1) is 15.8. The van der Waals surface area contributed by atoms with Crippen molar-refractivity contribution in [2.24, 2.45) is 0 Å². The zero-order chi connectivity index (χ0) is 23.5. The van der Waals surface area contributed by atoms with Crippen LogP contribution in [-0.4, -0.2) is 68.4 Å². The lowest BCUT2D eigenvalue weighted by atomic mass is 10.2. The molecule has 12 heteroatoms. The van der Waals surface area contributed by atoms with Crippen molar-refractivity contribution < 1.29 is 37.2 Å². The fourth-order valence-corrected chi connectivity index (χ4v) is 3.66. The van der Waals surface area contributed by atoms with Gasteiger partial charge in [0.15, 0.2) is 17.4 Å². The predicted octanol–water partition coefficient (Wildman–Crippen LogP) is 1.91. The Hall–Kier alpha value is -3.67. The maximum absolute atomic E-state index is 15.0. The first-order valence-electron chi connectivity index (χ1n) is 10.3. The number of benzene rings is 1. The van der Waals surface area contributed by atoms with Crippen molar-refractivity contribution in [3.63, 3.8) is 0 Å². The smallest absolute Gasteiger partial charge is 0.414 e. The Bertz CT molecular complexity index is 1020. The quantitative estimate of drug-likeness (QED) is 0.721. The number of carbonyl (C=O) groups excluding carboxylic acids is 3. The van der Waals surface area contributed by atoms with Gasteiger partial charge in [0.05, 0.1) is 38.2 Å². The molecule has 0 aliphatic carbocycles. The maximum atomic E-state index is 15.0. The second-order valence-electron chi connectivity index (χ2n) is 7.52. The summed E-state index contributed by atoms with van der Waals surface area (Å²) in [5.41, 5.74) is -0.276. The largest absolute Gasteiger partial charge is 0.459 e. The van der Waals surface area contributed by atoms with Gasteiger partial charge in [-0.2, -0.15) is 0 Å². The molecular weight excluding hydrogens is 442 g/mol. The lowest BCUT2D eigenvalue weighted by Crippen LogP contribution is -2.35. The number of amides is 3. The van der Waals surface area contributed by atoms with E-state index >= 15 is 0 Å². The number of rotatable bonds is 5. The number of halogens is 2. The van der Waals surface area contributed by atoms with Gasteiger partial charge in [-0.1, -0.05) is 0 Å². The molecule has 4 rings (SSSR count). The van der Waals surface area contributed by atoms with Crippen LogP contribution in [0.5, 0.6) is 0 Å². The second kappa shape index (κ2) is 9.45. The molecule has 2 aliphatic heterocycles. The van der Waals surface area contributed by atoms with Gasteiger partial charge in [0.2, 0.25) is 5.91 Å². The first kappa shape index (κ1) is 22.5. The molecule has 0 spiro atoms. The SMILES string of the molecule is CC(=O)NC[C@H]1CN(c2cc(F)c(N3CCON(C(=O)c4ccco4)CC3)c(F)c2)C(=O)O1. The Morgan fingerprint density at radius 1 is 1.18 bits per heavy atom. The van der Waals surface area contributed by atoms with Crippen LogP contribution < -0.4 is 15.1 Å². The number of carbonyl (C=O) groups is 3. The predicted molar refractivity (Wildman–Crippen MR) is 111 cm³/mol. The van der Waals surface area contributed by atoms with Gasteiger partial charge in [-0.25, -0.2) is 18.6 Å². The summed E-state index contributed by atoms with van der Waals surface area (Å²) in [7, 11) is 0. The molecule has 1 atom stereocenters. The van der Waals surface area contributed by atoms with Crippen molar-refractivity contribution in [1.82, 2.24) is 10.4 Å². The number of furan rings is 1. The Morgan fingerprint density at radius 2 is 1.94 bits per heavy atom. The maximum Gasteiger partial charge on any atom is 0.414 e. The third kappa shape index (κ3) is 4.90. The van der Waals surface area contributed by atoms with E-state index in [2.05, 4.69) is 5.32 Å². The zero-order valence-electron chi connectivity index (χ0n) is 17.8. The van der Waals surface area contributed by atoms with E-state index in [0.29, 0.717) is 0 Å². The molecule has 2 fully saturated rings. The third-order valence-corrected chi connectivity index (χ3v) is 5.22. The normalized spacial score (nSPS) is 18.8. The van der Waals surface area contributed by atoms with Gasteiger partial charge in [-0.15, -0.1) is 0 Å². The molecule has 0 bridgehead atoms. The molecule has 2 aliphatic rings. The summed E-state index contributed by atoms with van der Waals surface area (Å²) < 4.78 is 40.2. The van der Waals surface area contributed by atoms with Crippen LogP contribution in [0.1, 0.15) is 17.5 Å². The highest BCUT2D eigenvalue weighted by molar-refractivity contribution is 5.91. The van der Waals surface area contributed by atoms with Crippen LogP contribution in [-0.2, 0) is 14.4 Å². The van der Waals surface area contributed by atoms with Crippen LogP contribution >= 0.6 is 0 Å². The van der Waals surface area contributed by atoms with Gasteiger partial charge < -0.3 is 19.4 Å². The molecule has 1 aromatic carbocycles. The molecule has 0 radical (unpaired) electrons. The average molecular weight is 464 g/mol. The van der Waals surface area contributed by atoms with Crippen LogP contribution in [0.3, 0.4) is 0 Å². The molecular formula is C21H22F2N4O6. The zero-order valence-corrected chi connectivity index (χ0v) is 17.8. The monoisotopic (exact) mass is 464 g/mol. The van der Waals surface area contributed by atoms with E-state index in [-0.39, 0.29) is 62.4 Å². The highest BCUT2D eigenvalue weighted by Crippen LogP contribution is 2.31. The van der Waals surface area contributed by atoms with E-state index in [1.807, 2.05) is 0 Å². The summed E-state index contributed by atoms with van der Waals surface area (Å²) in [5, 5.41) is 3.63. The van der Waals surface area contributed by atoms with Crippen LogP contribution in [0.4, 0.5) is 25.0 Å². The topological polar surface area (TPSA) is 105 Å². The number of hydroxylamine groups is 2. The molecule has 1 N–H and O–H groups in total. The number of nitrogens with one attached hydrogen (secondary N) is 1. The molecule has 33 heavy (non-hydrogen) atoms. The minimum atomic E-state index is -0.867. The van der Waals surface area contributed by atoms with E-state index in [9.17, 15) is 23.2 Å². The Labute approximate surface area is 187 Å². The van der Waals surface area contributed by atoms with Crippen LogP contribution in [0.15, 0.2) is 34.9 Å². The number of hydrogen-bond donors (Lipinski definition) is 1. The van der Waals surface area contributed by atoms with Gasteiger partial charge in [0, 0.05) is 32.1 Å². The van der Waals surface area contributed by atoms with E-state index in [1.54, 1.807) is 6.07 Å². The molecule has 0 saturated carbocycles. The van der Waals surface area contributed by atoms with Gasteiger partial charge in [-0.05, 0) is 12.1 Å². The number of nitrogens with zero attached hydrogens (tertiary/aromatic N) is 3. The minimum Gasteiger partial charge on any atom is -0.459 e. The molecule has 3 heterocycles. The summed E-state index contributed by atoms with van der Waals surface area (Å²) >= 11 is 0. The van der Waals surface area contributed by atoms with Crippen molar-refractivity contribution in [1.29, 1.82) is 0 Å². The van der Waals surface area contributed by atoms with Crippen LogP contribution in [0, 0.1) is 11.6 Å². The average Bonchev–Trinajstić information content (AvgIpc) is 3.36. The minimum absolute atomic E-state index is 0.00442. The highest BCUT2D eigenvalue weighted by atomic mass is 19.1. The Morgan fingerprint density at radius 3 is 2.61 bits per heavy atom. The number of anilines is 2. The first-order valence-corrected chi connectivity index (χ1v) is 10.3. The fraction of sp³-hybridized carbons (Fsp3) is 0.381. The summed E-state index contributed by atoms with van der Waals surface area (Å²) in [6, 6.07) is 5.17. The number of ether oxygens (including phenoxy) is 1. The summed E-state index contributed by atoms with van der Waals surface area (Å²) in [5.74, 6) is -2.40. The third-order valence-electron chi connectivity index (χ3n) is 5.22. The molecule has 2 aromatic rings. The molecule has 1 aromatic heterocycles. The van der Waals surface area contributed by atoms with Crippen molar-refractivity contribution in [3.05, 3.63) is 47.9 Å². The number of hydrogen-bond acceptors (Lipinski definition) is 7. The van der Waals surface area contributed by atoms with Crippen LogP contribution in [0.2, 0.25) is 0 Å². The van der Waals surface area contributed by atoms with E-state index in [4.69, 9.17) is 14.0 Å². The van der Waals surface area contributed by atoms with Crippen molar-refractivity contribution in [2.75, 3.05) is 49.1 Å². The van der Waals surface area contributed by atoms with E-state index < -0.39 is 29.7 Å². The van der Waals surface area contributed by atoms with Crippen molar-refractivity contribution >= 4 is 29.3 Å². The summed E-state index contributed by atoms with van der Waals surface area (Å²) in [4.78, 5) is 43.6. The van der Waals surface area contributed by atoms with Crippen molar-refractivity contribution in [2.45, 2.75) is 13.0 Å². The number of cyclic esters (lactones) is 1. The van der Waals surface area contributed by atoms with Gasteiger partial charge in [0.1, 0.15) is 11.8 Å². The standard InChI is InChI=1S/C21H22F2N4O6/c1-13(28)24-11-15-12-26(21(30)33-15)14-9-16(22)19(17(23)10-14)25-4-5-27(32-8-6-25)20(29)18-3-2-7-31-18/h2-3,7,9-10,15H,4-6,8,11-12H2,1H3,(H,24,28)/t15-/m0/s1. The fourth-order valence-electron chi connectivity index (χ4n) is 3.66. The van der Waals surface area contributed by atoms with E-state index in [0.717, 1.165) is 22.1 Å². The lowest BCUT2D eigenvalue weighted by Gasteiger charge is -2.24. The van der Waals surface area contributed by atoms with Gasteiger partial charge >= 0.3 is 12.0 Å². The summed E-state index contributed by atoms with van der Waals surface area (Å²) in [6.45, 7) is 1.81. The Balaban J connectivity index is 1.46. The van der Waals surface area contributed by atoms with Gasteiger partial charge in [-0.3, -0.25) is 19.3 Å². The summed E-state index contributed by atoms with van der Waals surface area (Å²) in [6.07, 6.45) is -0.0261.